The number of carbonyl (C=O) groups excluding carboxylic acids is 1. The van der Waals surface area contributed by atoms with Gasteiger partial charge in [0.15, 0.2) is 0 Å². The lowest BCUT2D eigenvalue weighted by Crippen LogP contribution is -2.23. The van der Waals surface area contributed by atoms with Gasteiger partial charge in [0, 0.05) is 22.2 Å². The van der Waals surface area contributed by atoms with E-state index in [0.29, 0.717) is 0 Å². The summed E-state index contributed by atoms with van der Waals surface area (Å²) < 4.78 is 5.07. The third kappa shape index (κ3) is 2.80. The average molecular weight is 307 g/mol. The van der Waals surface area contributed by atoms with E-state index in [2.05, 4.69) is 0 Å². The van der Waals surface area contributed by atoms with Gasteiger partial charge in [-0.3, -0.25) is 10.1 Å². The molecule has 108 valence electrons. The van der Waals surface area contributed by atoms with Crippen LogP contribution in [0.15, 0.2) is 36.4 Å². The molecule has 6 nitrogen and oxygen atoms in total. The standard InChI is InChI=1S/C14H10ClNO5/c1-21-13-11(6-8(15)7-12(13)16(19)20)9-4-2-3-5-10(9)14(17)18/h2-7H,1H3,(H,17,18)/p-1. The highest BCUT2D eigenvalue weighted by Crippen LogP contribution is 2.41. The number of nitrogens with zero attached hydrogens (tertiary/aromatic N) is 1. The molecule has 2 aromatic rings. The molecule has 0 aliphatic carbocycles. The molecule has 0 aliphatic heterocycles. The van der Waals surface area contributed by atoms with Crippen LogP contribution in [0.5, 0.6) is 5.75 Å². The van der Waals surface area contributed by atoms with Crippen LogP contribution >= 0.6 is 11.6 Å². The van der Waals surface area contributed by atoms with Crippen LogP contribution in [0.4, 0.5) is 5.69 Å². The van der Waals surface area contributed by atoms with E-state index in [1.54, 1.807) is 6.07 Å². The van der Waals surface area contributed by atoms with Crippen molar-refractivity contribution in [1.82, 2.24) is 0 Å². The molecule has 0 atom stereocenters. The highest BCUT2D eigenvalue weighted by molar-refractivity contribution is 6.31. The minimum Gasteiger partial charge on any atom is -0.545 e. The lowest BCUT2D eigenvalue weighted by atomic mass is 9.98. The summed E-state index contributed by atoms with van der Waals surface area (Å²) in [5, 5.41) is 22.4. The Labute approximate surface area is 124 Å². The molecule has 0 spiro atoms. The molecule has 0 saturated carbocycles. The molecular formula is C14H9ClNO5-. The number of ether oxygens (including phenoxy) is 1. The van der Waals surface area contributed by atoms with E-state index in [0.717, 1.165) is 6.07 Å². The normalized spacial score (nSPS) is 10.2. The minimum absolute atomic E-state index is 0.0573. The van der Waals surface area contributed by atoms with Crippen molar-refractivity contribution in [3.63, 3.8) is 0 Å². The van der Waals surface area contributed by atoms with Crippen LogP contribution in [0.3, 0.4) is 0 Å². The van der Waals surface area contributed by atoms with E-state index in [4.69, 9.17) is 16.3 Å². The fourth-order valence-corrected chi connectivity index (χ4v) is 2.24. The maximum atomic E-state index is 11.2. The van der Waals surface area contributed by atoms with E-state index in [1.165, 1.54) is 31.4 Å². The Hall–Kier alpha value is -2.60. The Morgan fingerprint density at radius 2 is 1.90 bits per heavy atom. The highest BCUT2D eigenvalue weighted by Gasteiger charge is 2.22. The van der Waals surface area contributed by atoms with Gasteiger partial charge in [0.05, 0.1) is 18.0 Å². The van der Waals surface area contributed by atoms with Gasteiger partial charge in [0.1, 0.15) is 0 Å². The SMILES string of the molecule is COc1c(-c2ccccc2C(=O)[O-])cc(Cl)cc1[N+](=O)[O-]. The molecule has 0 radical (unpaired) electrons. The third-order valence-electron chi connectivity index (χ3n) is 2.87. The predicted octanol–water partition coefficient (Wildman–Crippen LogP) is 2.29. The van der Waals surface area contributed by atoms with Crippen LogP contribution in [0, 0.1) is 10.1 Å². The second-order valence-electron chi connectivity index (χ2n) is 4.10. The van der Waals surface area contributed by atoms with Crippen molar-refractivity contribution >= 4 is 23.3 Å². The van der Waals surface area contributed by atoms with Gasteiger partial charge in [0.2, 0.25) is 5.75 Å². The smallest absolute Gasteiger partial charge is 0.313 e. The van der Waals surface area contributed by atoms with Crippen LogP contribution in [0.25, 0.3) is 11.1 Å². The van der Waals surface area contributed by atoms with Gasteiger partial charge in [-0.15, -0.1) is 0 Å². The number of aromatic carboxylic acids is 1. The average Bonchev–Trinajstić information content (AvgIpc) is 2.46. The number of hydrogen-bond acceptors (Lipinski definition) is 5. The fraction of sp³-hybridized carbons (Fsp3) is 0.0714. The quantitative estimate of drug-likeness (QED) is 0.638. The van der Waals surface area contributed by atoms with Crippen molar-refractivity contribution in [2.45, 2.75) is 0 Å². The fourth-order valence-electron chi connectivity index (χ4n) is 2.03. The van der Waals surface area contributed by atoms with E-state index in [-0.39, 0.29) is 33.1 Å². The summed E-state index contributed by atoms with van der Waals surface area (Å²) in [7, 11) is 1.27. The first-order chi connectivity index (χ1) is 9.95. The van der Waals surface area contributed by atoms with Crippen molar-refractivity contribution in [3.8, 4) is 16.9 Å². The topological polar surface area (TPSA) is 92.5 Å². The molecule has 0 bridgehead atoms. The summed E-state index contributed by atoms with van der Waals surface area (Å²) in [6.45, 7) is 0. The first-order valence-electron chi connectivity index (χ1n) is 5.78. The molecule has 0 amide bonds. The Bertz CT molecular complexity index is 729. The lowest BCUT2D eigenvalue weighted by Gasteiger charge is -2.14. The van der Waals surface area contributed by atoms with Gasteiger partial charge in [-0.1, -0.05) is 35.9 Å². The third-order valence-corrected chi connectivity index (χ3v) is 3.09. The Balaban J connectivity index is 2.81. The highest BCUT2D eigenvalue weighted by atomic mass is 35.5. The Morgan fingerprint density at radius 3 is 2.48 bits per heavy atom. The van der Waals surface area contributed by atoms with E-state index >= 15 is 0 Å². The number of benzene rings is 2. The molecule has 7 heteroatoms. The molecule has 2 aromatic carbocycles. The number of rotatable bonds is 4. The molecule has 0 heterocycles. The summed E-state index contributed by atoms with van der Waals surface area (Å²) in [4.78, 5) is 21.6. The van der Waals surface area contributed by atoms with Crippen molar-refractivity contribution < 1.29 is 19.6 Å². The largest absolute Gasteiger partial charge is 0.545 e. The number of hydrogen-bond donors (Lipinski definition) is 0. The molecule has 0 aromatic heterocycles. The molecule has 21 heavy (non-hydrogen) atoms. The van der Waals surface area contributed by atoms with Crippen LogP contribution in [0.1, 0.15) is 10.4 Å². The van der Waals surface area contributed by atoms with Crippen LogP contribution in [-0.4, -0.2) is 18.0 Å². The first kappa shape index (κ1) is 14.8. The van der Waals surface area contributed by atoms with Crippen molar-refractivity contribution in [2.75, 3.05) is 7.11 Å². The summed E-state index contributed by atoms with van der Waals surface area (Å²) in [6, 6.07) is 8.54. The predicted molar refractivity (Wildman–Crippen MR) is 74.4 cm³/mol. The maximum Gasteiger partial charge on any atom is 0.313 e. The number of nitro groups is 1. The number of carboxylic acid groups (broad SMARTS) is 1. The summed E-state index contributed by atoms with van der Waals surface area (Å²) in [5.41, 5.74) is 0.0111. The van der Waals surface area contributed by atoms with Crippen molar-refractivity contribution in [1.29, 1.82) is 0 Å². The van der Waals surface area contributed by atoms with E-state index in [9.17, 15) is 20.0 Å². The molecule has 2 rings (SSSR count). The number of carboxylic acids is 1. The summed E-state index contributed by atoms with van der Waals surface area (Å²) in [5.74, 6) is -1.45. The van der Waals surface area contributed by atoms with Crippen LogP contribution in [0.2, 0.25) is 5.02 Å². The van der Waals surface area contributed by atoms with Crippen LogP contribution < -0.4 is 9.84 Å². The summed E-state index contributed by atoms with van der Waals surface area (Å²) >= 11 is 5.88. The minimum atomic E-state index is -1.39. The molecule has 0 aliphatic rings. The zero-order chi connectivity index (χ0) is 15.6. The monoisotopic (exact) mass is 306 g/mol. The van der Waals surface area contributed by atoms with Gasteiger partial charge >= 0.3 is 5.69 Å². The number of halogens is 1. The van der Waals surface area contributed by atoms with Crippen LogP contribution in [-0.2, 0) is 0 Å². The van der Waals surface area contributed by atoms with Gasteiger partial charge in [-0.05, 0) is 11.6 Å². The number of methoxy groups -OCH3 is 1. The molecule has 0 fully saturated rings. The Kier molecular flexibility index (Phi) is 4.09. The maximum absolute atomic E-state index is 11.2. The van der Waals surface area contributed by atoms with E-state index < -0.39 is 10.9 Å². The van der Waals surface area contributed by atoms with E-state index in [1.807, 2.05) is 0 Å². The molecular weight excluding hydrogens is 298 g/mol. The lowest BCUT2D eigenvalue weighted by molar-refractivity contribution is -0.385. The zero-order valence-electron chi connectivity index (χ0n) is 10.8. The zero-order valence-corrected chi connectivity index (χ0v) is 11.6. The second-order valence-corrected chi connectivity index (χ2v) is 4.53. The molecule has 0 saturated heterocycles. The van der Waals surface area contributed by atoms with Gasteiger partial charge in [-0.2, -0.15) is 0 Å². The summed E-state index contributed by atoms with van der Waals surface area (Å²) in [6.07, 6.45) is 0. The van der Waals surface area contributed by atoms with Crippen molar-refractivity contribution in [2.24, 2.45) is 0 Å². The van der Waals surface area contributed by atoms with Gasteiger partial charge in [-0.25, -0.2) is 0 Å². The first-order valence-corrected chi connectivity index (χ1v) is 6.16. The van der Waals surface area contributed by atoms with Gasteiger partial charge in [0.25, 0.3) is 0 Å². The second kappa shape index (κ2) is 5.80. The number of carbonyl (C=O) groups is 1. The van der Waals surface area contributed by atoms with Crippen molar-refractivity contribution in [3.05, 3.63) is 57.1 Å². The number of nitro benzene ring substituents is 1. The molecule has 0 unspecified atom stereocenters. The Morgan fingerprint density at radius 1 is 1.24 bits per heavy atom. The molecule has 0 N–H and O–H groups in total. The van der Waals surface area contributed by atoms with Gasteiger partial charge < -0.3 is 14.6 Å².